The van der Waals surface area contributed by atoms with Crippen molar-refractivity contribution in [3.63, 3.8) is 0 Å². The van der Waals surface area contributed by atoms with E-state index < -0.39 is 0 Å². The molecule has 4 aromatic rings. The van der Waals surface area contributed by atoms with Crippen LogP contribution in [0.1, 0.15) is 45.2 Å². The summed E-state index contributed by atoms with van der Waals surface area (Å²) in [5.41, 5.74) is 10.6. The third-order valence-corrected chi connectivity index (χ3v) is 7.45. The van der Waals surface area contributed by atoms with Crippen molar-refractivity contribution in [3.8, 4) is 0 Å². The summed E-state index contributed by atoms with van der Waals surface area (Å²) in [5, 5.41) is 0. The van der Waals surface area contributed by atoms with Crippen molar-refractivity contribution in [2.75, 3.05) is 0 Å². The second-order valence-electron chi connectivity index (χ2n) is 9.22. The zero-order chi connectivity index (χ0) is 21.8. The fourth-order valence-corrected chi connectivity index (χ4v) is 6.14. The van der Waals surface area contributed by atoms with E-state index in [1.54, 1.807) is 0 Å². The highest BCUT2D eigenvalue weighted by molar-refractivity contribution is 5.94. The summed E-state index contributed by atoms with van der Waals surface area (Å²) < 4.78 is 7.01. The van der Waals surface area contributed by atoms with E-state index >= 15 is 0 Å². The molecule has 4 atom stereocenters. The molecule has 0 unspecified atom stereocenters. The third-order valence-electron chi connectivity index (χ3n) is 7.45. The molecule has 0 spiro atoms. The molecule has 33 heavy (non-hydrogen) atoms. The van der Waals surface area contributed by atoms with Crippen molar-refractivity contribution in [2.24, 2.45) is 0 Å². The highest BCUT2D eigenvalue weighted by atomic mass is 16.5. The Balaban J connectivity index is 1.40. The SMILES string of the molecule is C(=C1\c2ccccc2[C@@H]2[C@H]3c4ccccc4/C(=C\c4ccccc4)[C@H]3O[C@@H]12)/c1ccccc1. The van der Waals surface area contributed by atoms with Crippen LogP contribution >= 0.6 is 0 Å². The summed E-state index contributed by atoms with van der Waals surface area (Å²) in [5.74, 6) is 0.674. The molecule has 0 saturated carbocycles. The summed E-state index contributed by atoms with van der Waals surface area (Å²) >= 11 is 0. The minimum atomic E-state index is 0.0742. The fraction of sp³-hybridized carbons (Fsp3) is 0.125. The van der Waals surface area contributed by atoms with Gasteiger partial charge in [-0.3, -0.25) is 0 Å². The van der Waals surface area contributed by atoms with Crippen LogP contribution in [-0.2, 0) is 4.74 Å². The van der Waals surface area contributed by atoms with Crippen LogP contribution in [0.25, 0.3) is 23.3 Å². The van der Waals surface area contributed by atoms with Gasteiger partial charge < -0.3 is 4.74 Å². The van der Waals surface area contributed by atoms with Crippen LogP contribution < -0.4 is 0 Å². The minimum Gasteiger partial charge on any atom is -0.364 e. The zero-order valence-electron chi connectivity index (χ0n) is 18.3. The van der Waals surface area contributed by atoms with Crippen molar-refractivity contribution in [2.45, 2.75) is 24.0 Å². The zero-order valence-corrected chi connectivity index (χ0v) is 18.3. The van der Waals surface area contributed by atoms with E-state index in [0.717, 1.165) is 0 Å². The molecule has 0 amide bonds. The van der Waals surface area contributed by atoms with Crippen molar-refractivity contribution >= 4 is 23.3 Å². The molecular weight excluding hydrogens is 400 g/mol. The van der Waals surface area contributed by atoms with E-state index in [9.17, 15) is 0 Å². The van der Waals surface area contributed by atoms with Gasteiger partial charge in [-0.15, -0.1) is 0 Å². The summed E-state index contributed by atoms with van der Waals surface area (Å²) in [6.45, 7) is 0. The summed E-state index contributed by atoms with van der Waals surface area (Å²) in [7, 11) is 0. The Bertz CT molecular complexity index is 1290. The number of fused-ring (bicyclic) bond motifs is 7. The molecule has 1 heteroatoms. The van der Waals surface area contributed by atoms with Gasteiger partial charge in [0.25, 0.3) is 0 Å². The van der Waals surface area contributed by atoms with Gasteiger partial charge in [-0.2, -0.15) is 0 Å². The normalized spacial score (nSPS) is 26.8. The number of hydrogen-bond acceptors (Lipinski definition) is 1. The molecule has 1 nitrogen and oxygen atoms in total. The Labute approximate surface area is 194 Å². The van der Waals surface area contributed by atoms with Gasteiger partial charge in [0.05, 0.1) is 12.2 Å². The second kappa shape index (κ2) is 7.43. The van der Waals surface area contributed by atoms with Crippen LogP contribution in [0.3, 0.4) is 0 Å². The lowest BCUT2D eigenvalue weighted by molar-refractivity contribution is 0.110. The monoisotopic (exact) mass is 424 g/mol. The molecule has 1 saturated heterocycles. The molecule has 3 aliphatic rings. The van der Waals surface area contributed by atoms with E-state index in [1.807, 2.05) is 0 Å². The average molecular weight is 425 g/mol. The van der Waals surface area contributed by atoms with E-state index in [1.165, 1.54) is 44.5 Å². The molecule has 158 valence electrons. The van der Waals surface area contributed by atoms with Gasteiger partial charge >= 0.3 is 0 Å². The molecule has 1 fully saturated rings. The lowest BCUT2D eigenvalue weighted by Gasteiger charge is -2.17. The van der Waals surface area contributed by atoms with Crippen molar-refractivity contribution < 1.29 is 4.74 Å². The maximum atomic E-state index is 7.01. The highest BCUT2D eigenvalue weighted by Crippen LogP contribution is 2.62. The average Bonchev–Trinajstić information content (AvgIpc) is 3.49. The van der Waals surface area contributed by atoms with Gasteiger partial charge in [0.15, 0.2) is 0 Å². The van der Waals surface area contributed by atoms with Gasteiger partial charge in [-0.25, -0.2) is 0 Å². The third kappa shape index (κ3) is 2.90. The van der Waals surface area contributed by atoms with Crippen molar-refractivity contribution in [3.05, 3.63) is 143 Å². The largest absolute Gasteiger partial charge is 0.364 e. The first-order valence-electron chi connectivity index (χ1n) is 11.8. The Hall–Kier alpha value is -3.68. The van der Waals surface area contributed by atoms with E-state index in [-0.39, 0.29) is 12.2 Å². The molecule has 0 aromatic heterocycles. The molecule has 1 aliphatic heterocycles. The number of hydrogen-bond donors (Lipinski definition) is 0. The van der Waals surface area contributed by atoms with Gasteiger partial charge in [0, 0.05) is 11.8 Å². The van der Waals surface area contributed by atoms with Crippen molar-refractivity contribution in [1.82, 2.24) is 0 Å². The first-order valence-corrected chi connectivity index (χ1v) is 11.8. The van der Waals surface area contributed by atoms with Crippen LogP contribution in [0.4, 0.5) is 0 Å². The maximum absolute atomic E-state index is 7.01. The van der Waals surface area contributed by atoms with Crippen LogP contribution in [0.2, 0.25) is 0 Å². The number of ether oxygens (including phenoxy) is 1. The number of rotatable bonds is 2. The van der Waals surface area contributed by atoms with Gasteiger partial charge in [0.1, 0.15) is 0 Å². The smallest absolute Gasteiger partial charge is 0.0915 e. The topological polar surface area (TPSA) is 9.23 Å². The van der Waals surface area contributed by atoms with Gasteiger partial charge in [-0.1, -0.05) is 109 Å². The first kappa shape index (κ1) is 18.8. The fourth-order valence-electron chi connectivity index (χ4n) is 6.14. The maximum Gasteiger partial charge on any atom is 0.0915 e. The Kier molecular flexibility index (Phi) is 4.25. The predicted molar refractivity (Wildman–Crippen MR) is 136 cm³/mol. The van der Waals surface area contributed by atoms with E-state index in [0.29, 0.717) is 11.8 Å². The summed E-state index contributed by atoms with van der Waals surface area (Å²) in [6.07, 6.45) is 4.81. The van der Waals surface area contributed by atoms with Crippen LogP contribution in [-0.4, -0.2) is 12.2 Å². The lowest BCUT2D eigenvalue weighted by atomic mass is 9.83. The van der Waals surface area contributed by atoms with Crippen LogP contribution in [0, 0.1) is 0 Å². The molecular formula is C32H24O. The second-order valence-corrected chi connectivity index (χ2v) is 9.22. The molecule has 1 heterocycles. The quantitative estimate of drug-likeness (QED) is 0.325. The molecule has 0 N–H and O–H groups in total. The summed E-state index contributed by atoms with van der Waals surface area (Å²) in [6, 6.07) is 39.1. The number of benzene rings is 4. The molecule has 4 aromatic carbocycles. The van der Waals surface area contributed by atoms with Crippen molar-refractivity contribution in [1.29, 1.82) is 0 Å². The highest BCUT2D eigenvalue weighted by Gasteiger charge is 2.56. The van der Waals surface area contributed by atoms with Gasteiger partial charge in [-0.05, 0) is 56.7 Å². The minimum absolute atomic E-state index is 0.0742. The molecule has 0 bridgehead atoms. The standard InChI is InChI=1S/C32H24O/c1-3-11-21(12-4-1)19-27-23-15-7-9-17-25(23)29-30-26-18-10-8-16-24(26)28(32(30)33-31(27)29)20-22-13-5-2-6-14-22/h1-20,29-32H/b27-19-,28-20+/t29-,30-,31+,32-/m1/s1. The van der Waals surface area contributed by atoms with E-state index in [4.69, 9.17) is 4.74 Å². The first-order chi connectivity index (χ1) is 16.4. The van der Waals surface area contributed by atoms with E-state index in [2.05, 4.69) is 121 Å². The Morgan fingerprint density at radius 3 is 1.30 bits per heavy atom. The Morgan fingerprint density at radius 2 is 0.848 bits per heavy atom. The van der Waals surface area contributed by atoms with Gasteiger partial charge in [0.2, 0.25) is 0 Å². The Morgan fingerprint density at radius 1 is 0.455 bits per heavy atom. The molecule has 0 radical (unpaired) electrons. The molecule has 2 aliphatic carbocycles. The lowest BCUT2D eigenvalue weighted by Crippen LogP contribution is -2.12. The van der Waals surface area contributed by atoms with Crippen LogP contribution in [0.15, 0.2) is 109 Å². The summed E-state index contributed by atoms with van der Waals surface area (Å²) in [4.78, 5) is 0. The predicted octanol–water partition coefficient (Wildman–Crippen LogP) is 7.43. The van der Waals surface area contributed by atoms with Crippen LogP contribution in [0.5, 0.6) is 0 Å². The molecule has 7 rings (SSSR count).